The molecule has 0 aliphatic carbocycles. The second kappa shape index (κ2) is 9.69. The molecule has 4 aromatic rings. The molecule has 0 radical (unpaired) electrons. The van der Waals surface area contributed by atoms with Crippen molar-refractivity contribution < 1.29 is 18.9 Å². The van der Waals surface area contributed by atoms with Crippen LogP contribution >= 0.6 is 11.6 Å². The maximum atomic E-state index is 6.40. The predicted molar refractivity (Wildman–Crippen MR) is 131 cm³/mol. The van der Waals surface area contributed by atoms with E-state index >= 15 is 0 Å². The average Bonchev–Trinajstić information content (AvgIpc) is 3.39. The molecule has 0 unspecified atom stereocenters. The number of aryl methyl sites for hydroxylation is 1. The average molecular weight is 483 g/mol. The van der Waals surface area contributed by atoms with Crippen molar-refractivity contribution in [2.75, 3.05) is 28.4 Å². The fourth-order valence-corrected chi connectivity index (χ4v) is 3.97. The molecule has 8 nitrogen and oxygen atoms in total. The standard InChI is InChI=1S/C25H27ClN4O4/c1-15-25(26)16(2)29(27-15)14-30-22(20-10-8-18(32-4)12-24(20)34-6)13-21(28-30)19-9-7-17(31-3)11-23(19)33-5/h7-13H,14H2,1-6H3. The van der Waals surface area contributed by atoms with Gasteiger partial charge in [-0.15, -0.1) is 0 Å². The summed E-state index contributed by atoms with van der Waals surface area (Å²) in [6.45, 7) is 4.19. The molecule has 0 saturated carbocycles. The zero-order valence-electron chi connectivity index (χ0n) is 20.0. The summed E-state index contributed by atoms with van der Waals surface area (Å²) < 4.78 is 25.7. The molecule has 2 aromatic heterocycles. The number of benzene rings is 2. The van der Waals surface area contributed by atoms with Gasteiger partial charge >= 0.3 is 0 Å². The van der Waals surface area contributed by atoms with Crippen LogP contribution in [0.5, 0.6) is 23.0 Å². The van der Waals surface area contributed by atoms with E-state index in [1.165, 1.54) is 0 Å². The highest BCUT2D eigenvalue weighted by molar-refractivity contribution is 6.31. The lowest BCUT2D eigenvalue weighted by Gasteiger charge is -2.13. The molecule has 178 valence electrons. The molecule has 0 N–H and O–H groups in total. The molecule has 0 spiro atoms. The fourth-order valence-electron chi connectivity index (χ4n) is 3.83. The van der Waals surface area contributed by atoms with Crippen LogP contribution in [0.3, 0.4) is 0 Å². The summed E-state index contributed by atoms with van der Waals surface area (Å²) in [4.78, 5) is 0. The Morgan fingerprint density at radius 3 is 1.85 bits per heavy atom. The minimum Gasteiger partial charge on any atom is -0.497 e. The van der Waals surface area contributed by atoms with E-state index < -0.39 is 0 Å². The van der Waals surface area contributed by atoms with Crippen molar-refractivity contribution in [2.45, 2.75) is 20.5 Å². The van der Waals surface area contributed by atoms with Gasteiger partial charge in [-0.3, -0.25) is 0 Å². The third-order valence-corrected chi connectivity index (χ3v) is 6.26. The van der Waals surface area contributed by atoms with Crippen LogP contribution in [0.4, 0.5) is 0 Å². The van der Waals surface area contributed by atoms with Crippen molar-refractivity contribution in [1.29, 1.82) is 0 Å². The molecule has 4 rings (SSSR count). The first-order valence-electron chi connectivity index (χ1n) is 10.6. The van der Waals surface area contributed by atoms with E-state index in [9.17, 15) is 0 Å². The van der Waals surface area contributed by atoms with Gasteiger partial charge in [0.15, 0.2) is 0 Å². The van der Waals surface area contributed by atoms with E-state index in [4.69, 9.17) is 35.6 Å². The van der Waals surface area contributed by atoms with Gasteiger partial charge in [0.2, 0.25) is 0 Å². The Labute approximate surface area is 203 Å². The van der Waals surface area contributed by atoms with E-state index in [1.807, 2.05) is 65.7 Å². The van der Waals surface area contributed by atoms with Gasteiger partial charge in [-0.1, -0.05) is 11.6 Å². The Morgan fingerprint density at radius 1 is 0.735 bits per heavy atom. The molecule has 34 heavy (non-hydrogen) atoms. The Balaban J connectivity index is 1.89. The van der Waals surface area contributed by atoms with Gasteiger partial charge in [0.25, 0.3) is 0 Å². The van der Waals surface area contributed by atoms with Crippen molar-refractivity contribution in [3.63, 3.8) is 0 Å². The van der Waals surface area contributed by atoms with Gasteiger partial charge in [-0.05, 0) is 44.2 Å². The summed E-state index contributed by atoms with van der Waals surface area (Å²) in [5.74, 6) is 2.73. The van der Waals surface area contributed by atoms with Crippen LogP contribution in [-0.4, -0.2) is 48.0 Å². The lowest BCUT2D eigenvalue weighted by atomic mass is 10.1. The highest BCUT2D eigenvalue weighted by Crippen LogP contribution is 2.38. The third kappa shape index (κ3) is 4.28. The van der Waals surface area contributed by atoms with Gasteiger partial charge in [0.1, 0.15) is 29.7 Å². The molecule has 2 aromatic carbocycles. The molecule has 0 bridgehead atoms. The van der Waals surface area contributed by atoms with Crippen LogP contribution in [0.2, 0.25) is 5.02 Å². The fraction of sp³-hybridized carbons (Fsp3) is 0.280. The van der Waals surface area contributed by atoms with E-state index in [1.54, 1.807) is 28.4 Å². The Kier molecular flexibility index (Phi) is 6.70. The molecule has 2 heterocycles. The number of rotatable bonds is 8. The number of aromatic nitrogens is 4. The van der Waals surface area contributed by atoms with E-state index in [0.717, 1.165) is 33.9 Å². The number of hydrogen-bond acceptors (Lipinski definition) is 6. The van der Waals surface area contributed by atoms with Crippen molar-refractivity contribution in [2.24, 2.45) is 0 Å². The Hall–Kier alpha value is -3.65. The highest BCUT2D eigenvalue weighted by atomic mass is 35.5. The quantitative estimate of drug-likeness (QED) is 0.342. The minimum absolute atomic E-state index is 0.363. The number of hydrogen-bond donors (Lipinski definition) is 0. The molecule has 9 heteroatoms. The highest BCUT2D eigenvalue weighted by Gasteiger charge is 2.20. The molecular formula is C25H27ClN4O4. The first-order chi connectivity index (χ1) is 16.4. The second-order valence-corrected chi connectivity index (χ2v) is 8.05. The van der Waals surface area contributed by atoms with E-state index in [0.29, 0.717) is 34.7 Å². The van der Waals surface area contributed by atoms with Crippen molar-refractivity contribution in [3.8, 4) is 45.5 Å². The zero-order valence-corrected chi connectivity index (χ0v) is 20.8. The van der Waals surface area contributed by atoms with Crippen LogP contribution in [0, 0.1) is 13.8 Å². The SMILES string of the molecule is COc1ccc(-c2cc(-c3ccc(OC)cc3OC)n(Cn3nc(C)c(Cl)c3C)n2)c(OC)c1. The summed E-state index contributed by atoms with van der Waals surface area (Å²) in [5, 5.41) is 10.1. The summed E-state index contributed by atoms with van der Waals surface area (Å²) in [6, 6.07) is 13.3. The zero-order chi connectivity index (χ0) is 24.4. The molecule has 0 amide bonds. The molecular weight excluding hydrogens is 456 g/mol. The summed E-state index contributed by atoms with van der Waals surface area (Å²) in [7, 11) is 6.50. The van der Waals surface area contributed by atoms with Crippen LogP contribution in [0.25, 0.3) is 22.5 Å². The second-order valence-electron chi connectivity index (χ2n) is 7.67. The summed E-state index contributed by atoms with van der Waals surface area (Å²) >= 11 is 6.40. The molecule has 0 aliphatic rings. The molecule has 0 aliphatic heterocycles. The molecule has 0 atom stereocenters. The van der Waals surface area contributed by atoms with E-state index in [-0.39, 0.29) is 0 Å². The molecule has 0 fully saturated rings. The predicted octanol–water partition coefficient (Wildman–Crippen LogP) is 5.22. The summed E-state index contributed by atoms with van der Waals surface area (Å²) in [6.07, 6.45) is 0. The lowest BCUT2D eigenvalue weighted by Crippen LogP contribution is -2.13. The lowest BCUT2D eigenvalue weighted by molar-refractivity contribution is 0.394. The van der Waals surface area contributed by atoms with E-state index in [2.05, 4.69) is 5.10 Å². The van der Waals surface area contributed by atoms with Crippen LogP contribution < -0.4 is 18.9 Å². The normalized spacial score (nSPS) is 10.9. The number of nitrogens with zero attached hydrogens (tertiary/aromatic N) is 4. The van der Waals surface area contributed by atoms with Gasteiger partial charge in [-0.25, -0.2) is 9.36 Å². The van der Waals surface area contributed by atoms with Crippen LogP contribution in [0.15, 0.2) is 42.5 Å². The molecule has 0 saturated heterocycles. The van der Waals surface area contributed by atoms with Gasteiger partial charge in [0.05, 0.1) is 56.2 Å². The third-order valence-electron chi connectivity index (χ3n) is 5.71. The Morgan fingerprint density at radius 2 is 1.32 bits per heavy atom. The van der Waals surface area contributed by atoms with Crippen LogP contribution in [-0.2, 0) is 6.67 Å². The first kappa shape index (κ1) is 23.5. The Bertz CT molecular complexity index is 1330. The van der Waals surface area contributed by atoms with Crippen molar-refractivity contribution >= 4 is 11.6 Å². The summed E-state index contributed by atoms with van der Waals surface area (Å²) in [5.41, 5.74) is 4.92. The maximum absolute atomic E-state index is 6.40. The largest absolute Gasteiger partial charge is 0.497 e. The minimum atomic E-state index is 0.363. The number of ether oxygens (including phenoxy) is 4. The first-order valence-corrected chi connectivity index (χ1v) is 11.0. The van der Waals surface area contributed by atoms with Gasteiger partial charge in [-0.2, -0.15) is 10.2 Å². The smallest absolute Gasteiger partial charge is 0.134 e. The monoisotopic (exact) mass is 482 g/mol. The number of halogens is 1. The van der Waals surface area contributed by atoms with Crippen LogP contribution in [0.1, 0.15) is 11.4 Å². The maximum Gasteiger partial charge on any atom is 0.134 e. The van der Waals surface area contributed by atoms with Gasteiger partial charge in [0, 0.05) is 23.3 Å². The topological polar surface area (TPSA) is 72.6 Å². The van der Waals surface area contributed by atoms with Gasteiger partial charge < -0.3 is 18.9 Å². The van der Waals surface area contributed by atoms with Crippen molar-refractivity contribution in [3.05, 3.63) is 58.9 Å². The number of methoxy groups -OCH3 is 4. The van der Waals surface area contributed by atoms with Crippen molar-refractivity contribution in [1.82, 2.24) is 19.6 Å².